The highest BCUT2D eigenvalue weighted by molar-refractivity contribution is 7.93. The van der Waals surface area contributed by atoms with Crippen LogP contribution in [0.4, 0.5) is 0 Å². The Morgan fingerprint density at radius 2 is 1.03 bits per heavy atom. The van der Waals surface area contributed by atoms with Crippen molar-refractivity contribution in [3.63, 3.8) is 0 Å². The average Bonchev–Trinajstić information content (AvgIpc) is 3.53. The molecule has 0 saturated heterocycles. The minimum atomic E-state index is -3.89. The molecule has 4 aromatic rings. The van der Waals surface area contributed by atoms with Crippen LogP contribution >= 0.6 is 22.7 Å². The molecule has 34 heavy (non-hydrogen) atoms. The summed E-state index contributed by atoms with van der Waals surface area (Å²) in [5.74, 6) is -2.46. The number of sulfone groups is 2. The van der Waals surface area contributed by atoms with E-state index in [2.05, 4.69) is 9.97 Å². The van der Waals surface area contributed by atoms with Gasteiger partial charge in [0, 0.05) is 11.1 Å². The molecule has 0 atom stereocenters. The van der Waals surface area contributed by atoms with Gasteiger partial charge in [0.15, 0.2) is 19.7 Å². The summed E-state index contributed by atoms with van der Waals surface area (Å²) in [5, 5.41) is 3.21. The molecule has 0 N–H and O–H groups in total. The lowest BCUT2D eigenvalue weighted by atomic mass is 9.89. The fourth-order valence-corrected chi connectivity index (χ4v) is 8.37. The monoisotopic (exact) mass is 530 g/mol. The van der Waals surface area contributed by atoms with Gasteiger partial charge in [0.1, 0.15) is 19.8 Å². The van der Waals surface area contributed by atoms with Crippen molar-refractivity contribution in [1.82, 2.24) is 9.97 Å². The van der Waals surface area contributed by atoms with Crippen molar-refractivity contribution in [2.45, 2.75) is 19.9 Å². The van der Waals surface area contributed by atoms with Crippen LogP contribution in [0.5, 0.6) is 0 Å². The molecule has 0 aliphatic heterocycles. The molecule has 0 fully saturated rings. The van der Waals surface area contributed by atoms with Gasteiger partial charge in [-0.05, 0) is 22.9 Å². The van der Waals surface area contributed by atoms with Gasteiger partial charge in [0.2, 0.25) is 11.6 Å². The van der Waals surface area contributed by atoms with E-state index in [-0.39, 0.29) is 42.3 Å². The van der Waals surface area contributed by atoms with Crippen molar-refractivity contribution in [2.24, 2.45) is 0 Å². The smallest absolute Gasteiger partial charge is 0.214 e. The largest absolute Gasteiger partial charge is 0.287 e. The van der Waals surface area contributed by atoms with Crippen molar-refractivity contribution in [2.75, 3.05) is 0 Å². The zero-order valence-electron chi connectivity index (χ0n) is 17.2. The quantitative estimate of drug-likeness (QED) is 0.327. The Morgan fingerprint density at radius 1 is 0.618 bits per heavy atom. The number of rotatable bonds is 6. The van der Waals surface area contributed by atoms with E-state index in [1.807, 2.05) is 0 Å². The van der Waals surface area contributed by atoms with Gasteiger partial charge in [0.25, 0.3) is 0 Å². The van der Waals surface area contributed by atoms with Gasteiger partial charge in [0.05, 0.1) is 22.9 Å². The van der Waals surface area contributed by atoms with E-state index in [9.17, 15) is 26.4 Å². The Hall–Kier alpha value is -3.06. The van der Waals surface area contributed by atoms with E-state index in [0.29, 0.717) is 0 Å². The SMILES string of the molecule is O=C1c2ccccc2C(=O)c2nc(CS(=O)(=O)c3cccs3)c(CS(=O)(=O)c3cccs3)nc21. The summed E-state index contributed by atoms with van der Waals surface area (Å²) in [6.45, 7) is 0. The number of fused-ring (bicyclic) bond motifs is 2. The number of thiophene rings is 2. The molecule has 12 heteroatoms. The lowest BCUT2D eigenvalue weighted by Gasteiger charge is -2.18. The van der Waals surface area contributed by atoms with Crippen LogP contribution in [0.2, 0.25) is 0 Å². The van der Waals surface area contributed by atoms with Gasteiger partial charge < -0.3 is 0 Å². The van der Waals surface area contributed by atoms with Crippen LogP contribution in [0.1, 0.15) is 43.5 Å². The van der Waals surface area contributed by atoms with E-state index in [1.54, 1.807) is 35.0 Å². The first-order chi connectivity index (χ1) is 16.2. The van der Waals surface area contributed by atoms with Crippen molar-refractivity contribution >= 4 is 53.9 Å². The normalized spacial score (nSPS) is 13.5. The topological polar surface area (TPSA) is 128 Å². The molecule has 172 valence electrons. The van der Waals surface area contributed by atoms with Gasteiger partial charge >= 0.3 is 0 Å². The molecule has 5 rings (SSSR count). The Kier molecular flexibility index (Phi) is 5.55. The molecule has 3 heterocycles. The van der Waals surface area contributed by atoms with Crippen LogP contribution in [-0.2, 0) is 31.2 Å². The molecule has 0 saturated carbocycles. The molecule has 0 bridgehead atoms. The third kappa shape index (κ3) is 3.92. The first-order valence-corrected chi connectivity index (χ1v) is 14.8. The summed E-state index contributed by atoms with van der Waals surface area (Å²) in [4.78, 5) is 34.6. The Balaban J connectivity index is 1.67. The molecular weight excluding hydrogens is 517 g/mol. The van der Waals surface area contributed by atoms with Crippen LogP contribution in [0.3, 0.4) is 0 Å². The van der Waals surface area contributed by atoms with Crippen LogP contribution in [-0.4, -0.2) is 38.4 Å². The Bertz CT molecular complexity index is 1530. The number of carbonyl (C=O) groups excluding carboxylic acids is 2. The summed E-state index contributed by atoms with van der Waals surface area (Å²) in [6, 6.07) is 12.2. The highest BCUT2D eigenvalue weighted by Gasteiger charge is 2.35. The van der Waals surface area contributed by atoms with Crippen molar-refractivity contribution < 1.29 is 26.4 Å². The highest BCUT2D eigenvalue weighted by atomic mass is 32.2. The van der Waals surface area contributed by atoms with Crippen LogP contribution in [0.25, 0.3) is 0 Å². The van der Waals surface area contributed by atoms with Gasteiger partial charge in [-0.3, -0.25) is 9.59 Å². The minimum Gasteiger partial charge on any atom is -0.287 e. The van der Waals surface area contributed by atoms with Gasteiger partial charge in [-0.2, -0.15) is 0 Å². The molecular formula is C22H14N2O6S4. The number of ketones is 2. The fraction of sp³-hybridized carbons (Fsp3) is 0.0909. The van der Waals surface area contributed by atoms with Crippen LogP contribution < -0.4 is 0 Å². The standard InChI is InChI=1S/C22H14N2O6S4/c25-21-13-5-1-2-6-14(13)22(26)20-19(21)23-15(11-33(27,28)17-7-3-9-31-17)16(24-20)12-34(29,30)18-8-4-10-32-18/h1-10H,11-12H2. The van der Waals surface area contributed by atoms with Crippen molar-refractivity contribution in [3.05, 3.63) is 93.2 Å². The second kappa shape index (κ2) is 8.31. The maximum atomic E-state index is 13.1. The van der Waals surface area contributed by atoms with Crippen LogP contribution in [0.15, 0.2) is 67.7 Å². The molecule has 3 aromatic heterocycles. The first kappa shape index (κ1) is 22.7. The maximum Gasteiger partial charge on any atom is 0.214 e. The molecule has 1 aliphatic rings. The number of nitrogens with zero attached hydrogens (tertiary/aromatic N) is 2. The summed E-state index contributed by atoms with van der Waals surface area (Å²) in [6.07, 6.45) is 0. The molecule has 0 unspecified atom stereocenters. The lowest BCUT2D eigenvalue weighted by molar-refractivity contribution is 0.0971. The van der Waals surface area contributed by atoms with Crippen LogP contribution in [0, 0.1) is 0 Å². The van der Waals surface area contributed by atoms with Crippen molar-refractivity contribution in [1.29, 1.82) is 0 Å². The molecule has 1 aliphatic carbocycles. The molecule has 0 spiro atoms. The second-order valence-corrected chi connectivity index (χ2v) is 13.7. The second-order valence-electron chi connectivity index (χ2n) is 7.40. The third-order valence-corrected chi connectivity index (χ3v) is 11.4. The maximum absolute atomic E-state index is 13.1. The van der Waals surface area contributed by atoms with E-state index >= 15 is 0 Å². The minimum absolute atomic E-state index is 0.0758. The number of carbonyl (C=O) groups is 2. The zero-order valence-corrected chi connectivity index (χ0v) is 20.4. The predicted molar refractivity (Wildman–Crippen MR) is 126 cm³/mol. The third-order valence-electron chi connectivity index (χ3n) is 5.15. The van der Waals surface area contributed by atoms with Gasteiger partial charge in [-0.15, -0.1) is 22.7 Å². The van der Waals surface area contributed by atoms with E-state index < -0.39 is 42.7 Å². The van der Waals surface area contributed by atoms with Gasteiger partial charge in [-0.25, -0.2) is 26.8 Å². The number of hydrogen-bond acceptors (Lipinski definition) is 10. The van der Waals surface area contributed by atoms with Gasteiger partial charge in [-0.1, -0.05) is 36.4 Å². The first-order valence-electron chi connectivity index (χ1n) is 9.78. The highest BCUT2D eigenvalue weighted by Crippen LogP contribution is 2.29. The van der Waals surface area contributed by atoms with E-state index in [0.717, 1.165) is 22.7 Å². The summed E-state index contributed by atoms with van der Waals surface area (Å²) in [5.41, 5.74) is -0.629. The Morgan fingerprint density at radius 3 is 1.38 bits per heavy atom. The average molecular weight is 531 g/mol. The number of aromatic nitrogens is 2. The Labute approximate surface area is 202 Å². The van der Waals surface area contributed by atoms with E-state index in [4.69, 9.17) is 0 Å². The summed E-state index contributed by atoms with van der Waals surface area (Å²) < 4.78 is 52.0. The molecule has 8 nitrogen and oxygen atoms in total. The molecule has 0 amide bonds. The van der Waals surface area contributed by atoms with Crippen molar-refractivity contribution in [3.8, 4) is 0 Å². The fourth-order valence-electron chi connectivity index (χ4n) is 3.57. The molecule has 0 radical (unpaired) electrons. The summed E-state index contributed by atoms with van der Waals surface area (Å²) >= 11 is 2.03. The molecule has 1 aromatic carbocycles. The number of benzene rings is 1. The summed E-state index contributed by atoms with van der Waals surface area (Å²) in [7, 11) is -7.78. The number of hydrogen-bond donors (Lipinski definition) is 0. The van der Waals surface area contributed by atoms with E-state index in [1.165, 1.54) is 24.3 Å². The zero-order chi connectivity index (χ0) is 24.1. The predicted octanol–water partition coefficient (Wildman–Crippen LogP) is 3.32. The lowest BCUT2D eigenvalue weighted by Crippen LogP contribution is -2.27.